The van der Waals surface area contributed by atoms with Crippen LogP contribution >= 0.6 is 11.3 Å². The van der Waals surface area contributed by atoms with Crippen molar-refractivity contribution in [2.45, 2.75) is 26.4 Å². The first-order chi connectivity index (χ1) is 11.2. The van der Waals surface area contributed by atoms with Crippen LogP contribution in [0.3, 0.4) is 0 Å². The molecule has 0 aliphatic carbocycles. The number of imidazole rings is 1. The van der Waals surface area contributed by atoms with Crippen molar-refractivity contribution < 1.29 is 5.11 Å². The second kappa shape index (κ2) is 5.44. The van der Waals surface area contributed by atoms with Crippen LogP contribution in [0.5, 0.6) is 0 Å². The van der Waals surface area contributed by atoms with Crippen molar-refractivity contribution in [2.24, 2.45) is 0 Å². The van der Waals surface area contributed by atoms with E-state index < -0.39 is 0 Å². The third-order valence-electron chi connectivity index (χ3n) is 3.98. The third kappa shape index (κ3) is 2.33. The molecule has 0 spiro atoms. The van der Waals surface area contributed by atoms with Gasteiger partial charge in [0.25, 0.3) is 0 Å². The Kier molecular flexibility index (Phi) is 3.39. The van der Waals surface area contributed by atoms with E-state index in [1.807, 2.05) is 12.1 Å². The second-order valence-corrected chi connectivity index (χ2v) is 6.90. The average Bonchev–Trinajstić information content (AvgIpc) is 3.11. The lowest BCUT2D eigenvalue weighted by Crippen LogP contribution is -1.97. The van der Waals surface area contributed by atoms with Crippen molar-refractivity contribution >= 4 is 27.1 Å². The highest BCUT2D eigenvalue weighted by Gasteiger charge is 2.18. The van der Waals surface area contributed by atoms with E-state index in [2.05, 4.69) is 49.3 Å². The summed E-state index contributed by atoms with van der Waals surface area (Å²) >= 11 is 1.58. The number of fused-ring (bicyclic) bond motifs is 2. The molecule has 4 aromatic rings. The predicted octanol–water partition coefficient (Wildman–Crippen LogP) is 4.23. The summed E-state index contributed by atoms with van der Waals surface area (Å²) in [6, 6.07) is 14.5. The van der Waals surface area contributed by atoms with E-state index in [0.717, 1.165) is 26.9 Å². The molecule has 0 amide bonds. The van der Waals surface area contributed by atoms with Gasteiger partial charge >= 0.3 is 0 Å². The lowest BCUT2D eigenvalue weighted by atomic mass is 10.0. The molecule has 4 nitrogen and oxygen atoms in total. The maximum Gasteiger partial charge on any atom is 0.213 e. The van der Waals surface area contributed by atoms with Crippen molar-refractivity contribution in [3.8, 4) is 11.3 Å². The van der Waals surface area contributed by atoms with Crippen LogP contribution < -0.4 is 0 Å². The van der Waals surface area contributed by atoms with E-state index >= 15 is 0 Å². The monoisotopic (exact) mass is 323 g/mol. The third-order valence-corrected chi connectivity index (χ3v) is 5.19. The molecule has 0 radical (unpaired) electrons. The van der Waals surface area contributed by atoms with Crippen LogP contribution in [0.2, 0.25) is 0 Å². The van der Waals surface area contributed by atoms with Gasteiger partial charge in [-0.2, -0.15) is 5.10 Å². The van der Waals surface area contributed by atoms with Gasteiger partial charge in [-0.1, -0.05) is 61.6 Å². The molecular formula is C18H17N3OS. The first-order valence-electron chi connectivity index (χ1n) is 7.65. The highest BCUT2D eigenvalue weighted by Crippen LogP contribution is 2.31. The Labute approximate surface area is 138 Å². The van der Waals surface area contributed by atoms with Crippen LogP contribution in [0.15, 0.2) is 42.5 Å². The molecule has 0 saturated heterocycles. The minimum Gasteiger partial charge on any atom is -0.390 e. The maximum atomic E-state index is 9.83. The van der Waals surface area contributed by atoms with E-state index in [1.54, 1.807) is 15.9 Å². The number of hydrogen-bond acceptors (Lipinski definition) is 4. The number of aromatic nitrogens is 3. The van der Waals surface area contributed by atoms with E-state index in [-0.39, 0.29) is 6.61 Å². The summed E-state index contributed by atoms with van der Waals surface area (Å²) in [7, 11) is 0. The van der Waals surface area contributed by atoms with Gasteiger partial charge in [-0.15, -0.1) is 0 Å². The Morgan fingerprint density at radius 1 is 1.13 bits per heavy atom. The first-order valence-corrected chi connectivity index (χ1v) is 8.47. The van der Waals surface area contributed by atoms with Crippen LogP contribution in [0.25, 0.3) is 27.0 Å². The standard InChI is InChI=1S/C18H17N3OS/c1-11(2)17-20-21-15(10-22)16(19-18(21)23-17)14-8-7-12-5-3-4-6-13(12)9-14/h3-9,11,22H,10H2,1-2H3. The number of nitrogens with zero attached hydrogens (tertiary/aromatic N) is 3. The molecule has 0 aliphatic rings. The maximum absolute atomic E-state index is 9.83. The highest BCUT2D eigenvalue weighted by atomic mass is 32.1. The molecular weight excluding hydrogens is 306 g/mol. The molecule has 2 aromatic heterocycles. The molecule has 0 atom stereocenters. The lowest BCUT2D eigenvalue weighted by Gasteiger charge is -2.04. The van der Waals surface area contributed by atoms with Gasteiger partial charge in [-0.25, -0.2) is 9.50 Å². The molecule has 0 fully saturated rings. The van der Waals surface area contributed by atoms with Crippen molar-refractivity contribution in [2.75, 3.05) is 0 Å². The van der Waals surface area contributed by atoms with Crippen LogP contribution in [-0.2, 0) is 6.61 Å². The van der Waals surface area contributed by atoms with Gasteiger partial charge < -0.3 is 5.11 Å². The minimum atomic E-state index is -0.0788. The predicted molar refractivity (Wildman–Crippen MR) is 93.8 cm³/mol. The van der Waals surface area contributed by atoms with E-state index in [0.29, 0.717) is 5.92 Å². The number of aliphatic hydroxyl groups excluding tert-OH is 1. The van der Waals surface area contributed by atoms with Gasteiger partial charge in [-0.05, 0) is 16.8 Å². The SMILES string of the molecule is CC(C)c1nn2c(CO)c(-c3ccc4ccccc4c3)nc2s1. The zero-order valence-corrected chi connectivity index (χ0v) is 13.8. The van der Waals surface area contributed by atoms with Crippen LogP contribution in [0, 0.1) is 0 Å². The second-order valence-electron chi connectivity index (χ2n) is 5.92. The Hall–Kier alpha value is -2.24. The van der Waals surface area contributed by atoms with Gasteiger partial charge in [0.1, 0.15) is 5.01 Å². The summed E-state index contributed by atoms with van der Waals surface area (Å²) in [5.74, 6) is 0.359. The quantitative estimate of drug-likeness (QED) is 0.614. The van der Waals surface area contributed by atoms with Crippen molar-refractivity contribution in [3.63, 3.8) is 0 Å². The Morgan fingerprint density at radius 2 is 1.91 bits per heavy atom. The lowest BCUT2D eigenvalue weighted by molar-refractivity contribution is 0.275. The molecule has 23 heavy (non-hydrogen) atoms. The van der Waals surface area contributed by atoms with E-state index in [9.17, 15) is 5.11 Å². The summed E-state index contributed by atoms with van der Waals surface area (Å²) in [6.07, 6.45) is 0. The smallest absolute Gasteiger partial charge is 0.213 e. The molecule has 0 saturated carbocycles. The molecule has 4 rings (SSSR count). The summed E-state index contributed by atoms with van der Waals surface area (Å²) in [6.45, 7) is 4.15. The van der Waals surface area contributed by atoms with E-state index in [4.69, 9.17) is 4.98 Å². The molecule has 2 aromatic carbocycles. The van der Waals surface area contributed by atoms with Gasteiger partial charge in [0, 0.05) is 11.5 Å². The van der Waals surface area contributed by atoms with Crippen LogP contribution in [-0.4, -0.2) is 19.7 Å². The van der Waals surface area contributed by atoms with E-state index in [1.165, 1.54) is 10.8 Å². The van der Waals surface area contributed by atoms with Gasteiger partial charge in [-0.3, -0.25) is 0 Å². The summed E-state index contributed by atoms with van der Waals surface area (Å²) in [4.78, 5) is 5.56. The Bertz CT molecular complexity index is 1000. The number of rotatable bonds is 3. The Morgan fingerprint density at radius 3 is 2.65 bits per heavy atom. The highest BCUT2D eigenvalue weighted by molar-refractivity contribution is 7.16. The molecule has 5 heteroatoms. The van der Waals surface area contributed by atoms with Crippen molar-refractivity contribution in [1.29, 1.82) is 0 Å². The molecule has 116 valence electrons. The minimum absolute atomic E-state index is 0.0788. The van der Waals surface area contributed by atoms with Gasteiger partial charge in [0.15, 0.2) is 0 Å². The van der Waals surface area contributed by atoms with Crippen molar-refractivity contribution in [1.82, 2.24) is 14.6 Å². The Balaban J connectivity index is 1.90. The number of aliphatic hydroxyl groups is 1. The summed E-state index contributed by atoms with van der Waals surface area (Å²) in [5, 5.41) is 17.8. The fourth-order valence-corrected chi connectivity index (χ4v) is 3.67. The topological polar surface area (TPSA) is 50.4 Å². The van der Waals surface area contributed by atoms with Crippen LogP contribution in [0.4, 0.5) is 0 Å². The van der Waals surface area contributed by atoms with Gasteiger partial charge in [0.05, 0.1) is 18.0 Å². The summed E-state index contributed by atoms with van der Waals surface area (Å²) < 4.78 is 1.78. The normalized spacial score (nSPS) is 11.8. The zero-order chi connectivity index (χ0) is 16.0. The average molecular weight is 323 g/mol. The van der Waals surface area contributed by atoms with Crippen molar-refractivity contribution in [3.05, 3.63) is 53.2 Å². The molecule has 0 aliphatic heterocycles. The fourth-order valence-electron chi connectivity index (χ4n) is 2.75. The zero-order valence-electron chi connectivity index (χ0n) is 13.0. The molecule has 0 unspecified atom stereocenters. The molecule has 2 heterocycles. The molecule has 1 N–H and O–H groups in total. The van der Waals surface area contributed by atoms with Crippen LogP contribution in [0.1, 0.15) is 30.5 Å². The summed E-state index contributed by atoms with van der Waals surface area (Å²) in [5.41, 5.74) is 2.57. The first kappa shape index (κ1) is 14.4. The van der Waals surface area contributed by atoms with Gasteiger partial charge in [0.2, 0.25) is 4.96 Å². The molecule has 0 bridgehead atoms. The fraction of sp³-hybridized carbons (Fsp3) is 0.222. The number of benzene rings is 2. The number of hydrogen-bond donors (Lipinski definition) is 1. The largest absolute Gasteiger partial charge is 0.390 e.